The molecular weight excluding hydrogens is 280 g/mol. The molecule has 1 aromatic carbocycles. The van der Waals surface area contributed by atoms with Gasteiger partial charge in [-0.2, -0.15) is 0 Å². The number of ether oxygens (including phenoxy) is 1. The lowest BCUT2D eigenvalue weighted by Gasteiger charge is -2.08. The maximum Gasteiger partial charge on any atom is 0.241 e. The second kappa shape index (κ2) is 4.84. The summed E-state index contributed by atoms with van der Waals surface area (Å²) in [6, 6.07) is 5.83. The van der Waals surface area contributed by atoms with Crippen molar-refractivity contribution in [1.82, 2.24) is 9.97 Å². The second-order valence-electron chi connectivity index (χ2n) is 3.91. The van der Waals surface area contributed by atoms with Gasteiger partial charge in [0.25, 0.3) is 0 Å². The van der Waals surface area contributed by atoms with Crippen LogP contribution in [0.5, 0.6) is 11.6 Å². The van der Waals surface area contributed by atoms with Crippen LogP contribution < -0.4 is 4.74 Å². The molecule has 1 heterocycles. The summed E-state index contributed by atoms with van der Waals surface area (Å²) in [5.41, 5.74) is 2.76. The largest absolute Gasteiger partial charge is 0.437 e. The van der Waals surface area contributed by atoms with Gasteiger partial charge in [0.1, 0.15) is 5.75 Å². The summed E-state index contributed by atoms with van der Waals surface area (Å²) in [4.78, 5) is 8.54. The van der Waals surface area contributed by atoms with Crippen LogP contribution in [0.25, 0.3) is 0 Å². The topological polar surface area (TPSA) is 35.0 Å². The number of benzene rings is 1. The molecule has 0 N–H and O–H groups in total. The molecule has 0 aliphatic heterocycles. The number of hydrogen-bond acceptors (Lipinski definition) is 3. The maximum atomic E-state index is 5.73. The Balaban J connectivity index is 2.31. The summed E-state index contributed by atoms with van der Waals surface area (Å²) in [7, 11) is 0. The molecule has 3 nitrogen and oxygen atoms in total. The molecule has 4 heteroatoms. The lowest BCUT2D eigenvalue weighted by atomic mass is 10.2. The summed E-state index contributed by atoms with van der Waals surface area (Å²) in [5.74, 6) is 1.33. The standard InChI is InChI=1S/C13H13BrN2O/c1-8-6-11(4-5-12(8)14)17-13-10(3)15-7-9(2)16-13/h4-7H,1-3H3. The number of nitrogens with zero attached hydrogens (tertiary/aromatic N) is 2. The van der Waals surface area contributed by atoms with Crippen LogP contribution >= 0.6 is 15.9 Å². The summed E-state index contributed by atoms with van der Waals surface area (Å²) >= 11 is 3.46. The molecule has 0 radical (unpaired) electrons. The van der Waals surface area contributed by atoms with E-state index in [1.165, 1.54) is 0 Å². The molecule has 0 saturated heterocycles. The predicted octanol–water partition coefficient (Wildman–Crippen LogP) is 3.96. The number of rotatable bonds is 2. The Morgan fingerprint density at radius 1 is 1.18 bits per heavy atom. The minimum absolute atomic E-state index is 0.562. The van der Waals surface area contributed by atoms with Crippen LogP contribution in [0.1, 0.15) is 17.0 Å². The first-order valence-electron chi connectivity index (χ1n) is 5.30. The van der Waals surface area contributed by atoms with E-state index in [0.29, 0.717) is 5.88 Å². The highest BCUT2D eigenvalue weighted by molar-refractivity contribution is 9.10. The van der Waals surface area contributed by atoms with Crippen molar-refractivity contribution < 1.29 is 4.74 Å². The first-order valence-corrected chi connectivity index (χ1v) is 6.10. The highest BCUT2D eigenvalue weighted by atomic mass is 79.9. The van der Waals surface area contributed by atoms with Gasteiger partial charge in [0.15, 0.2) is 0 Å². The quantitative estimate of drug-likeness (QED) is 0.840. The zero-order valence-corrected chi connectivity index (χ0v) is 11.6. The van der Waals surface area contributed by atoms with E-state index >= 15 is 0 Å². The highest BCUT2D eigenvalue weighted by Gasteiger charge is 2.05. The van der Waals surface area contributed by atoms with Gasteiger partial charge < -0.3 is 4.74 Å². The smallest absolute Gasteiger partial charge is 0.241 e. The van der Waals surface area contributed by atoms with Crippen LogP contribution in [0.4, 0.5) is 0 Å². The van der Waals surface area contributed by atoms with Crippen molar-refractivity contribution >= 4 is 15.9 Å². The molecule has 0 atom stereocenters. The molecule has 0 fully saturated rings. The van der Waals surface area contributed by atoms with Crippen molar-refractivity contribution in [3.05, 3.63) is 45.8 Å². The SMILES string of the molecule is Cc1cnc(C)c(Oc2ccc(Br)c(C)c2)n1. The Kier molecular flexibility index (Phi) is 3.43. The summed E-state index contributed by atoms with van der Waals surface area (Å²) in [6.07, 6.45) is 1.73. The van der Waals surface area contributed by atoms with Crippen LogP contribution in [0.2, 0.25) is 0 Å². The van der Waals surface area contributed by atoms with E-state index in [9.17, 15) is 0 Å². The third-order valence-electron chi connectivity index (χ3n) is 2.38. The lowest BCUT2D eigenvalue weighted by molar-refractivity contribution is 0.453. The van der Waals surface area contributed by atoms with E-state index in [4.69, 9.17) is 4.74 Å². The minimum atomic E-state index is 0.562. The molecule has 2 aromatic rings. The number of hydrogen-bond donors (Lipinski definition) is 0. The van der Waals surface area contributed by atoms with Crippen LogP contribution in [0.15, 0.2) is 28.9 Å². The number of aryl methyl sites for hydroxylation is 3. The molecule has 1 aromatic heterocycles. The van der Waals surface area contributed by atoms with E-state index in [-0.39, 0.29) is 0 Å². The zero-order chi connectivity index (χ0) is 12.4. The number of aromatic nitrogens is 2. The predicted molar refractivity (Wildman–Crippen MR) is 70.5 cm³/mol. The van der Waals surface area contributed by atoms with E-state index in [2.05, 4.69) is 25.9 Å². The summed E-state index contributed by atoms with van der Waals surface area (Å²) < 4.78 is 6.80. The van der Waals surface area contributed by atoms with Gasteiger partial charge in [-0.3, -0.25) is 4.98 Å². The summed E-state index contributed by atoms with van der Waals surface area (Å²) in [6.45, 7) is 5.80. The molecule has 0 bridgehead atoms. The van der Waals surface area contributed by atoms with Crippen molar-refractivity contribution in [1.29, 1.82) is 0 Å². The zero-order valence-electron chi connectivity index (χ0n) is 9.99. The van der Waals surface area contributed by atoms with Crippen LogP contribution in [-0.2, 0) is 0 Å². The molecule has 0 saturated carbocycles. The van der Waals surface area contributed by atoms with E-state index < -0.39 is 0 Å². The molecule has 0 spiro atoms. The molecule has 17 heavy (non-hydrogen) atoms. The fourth-order valence-electron chi connectivity index (χ4n) is 1.40. The van der Waals surface area contributed by atoms with Crippen molar-refractivity contribution in [3.8, 4) is 11.6 Å². The Labute approximate surface area is 109 Å². The molecule has 0 amide bonds. The Bertz CT molecular complexity index is 555. The van der Waals surface area contributed by atoms with Crippen LogP contribution in [0, 0.1) is 20.8 Å². The molecule has 0 aliphatic rings. The molecule has 0 unspecified atom stereocenters. The van der Waals surface area contributed by atoms with Gasteiger partial charge >= 0.3 is 0 Å². The minimum Gasteiger partial charge on any atom is -0.437 e. The normalized spacial score (nSPS) is 10.4. The van der Waals surface area contributed by atoms with Gasteiger partial charge in [-0.05, 0) is 44.5 Å². The van der Waals surface area contributed by atoms with Crippen molar-refractivity contribution in [2.75, 3.05) is 0 Å². The van der Waals surface area contributed by atoms with Crippen molar-refractivity contribution in [2.24, 2.45) is 0 Å². The van der Waals surface area contributed by atoms with Gasteiger partial charge in [0.05, 0.1) is 11.4 Å². The van der Waals surface area contributed by atoms with Gasteiger partial charge in [0.2, 0.25) is 5.88 Å². The average Bonchev–Trinajstić information content (AvgIpc) is 2.29. The monoisotopic (exact) mass is 292 g/mol. The first kappa shape index (κ1) is 12.0. The van der Waals surface area contributed by atoms with Crippen molar-refractivity contribution in [3.63, 3.8) is 0 Å². The Morgan fingerprint density at radius 3 is 2.65 bits per heavy atom. The first-order chi connectivity index (χ1) is 8.06. The van der Waals surface area contributed by atoms with E-state index in [1.807, 2.05) is 39.0 Å². The van der Waals surface area contributed by atoms with Gasteiger partial charge in [-0.25, -0.2) is 4.98 Å². The van der Waals surface area contributed by atoms with Gasteiger partial charge in [-0.1, -0.05) is 15.9 Å². The Morgan fingerprint density at radius 2 is 1.94 bits per heavy atom. The molecule has 2 rings (SSSR count). The maximum absolute atomic E-state index is 5.73. The highest BCUT2D eigenvalue weighted by Crippen LogP contribution is 2.26. The average molecular weight is 293 g/mol. The third kappa shape index (κ3) is 2.82. The molecule has 0 aliphatic carbocycles. The Hall–Kier alpha value is -1.42. The van der Waals surface area contributed by atoms with Gasteiger partial charge in [0, 0.05) is 10.7 Å². The van der Waals surface area contributed by atoms with Crippen LogP contribution in [-0.4, -0.2) is 9.97 Å². The second-order valence-corrected chi connectivity index (χ2v) is 4.77. The van der Waals surface area contributed by atoms with Gasteiger partial charge in [-0.15, -0.1) is 0 Å². The van der Waals surface area contributed by atoms with Crippen LogP contribution in [0.3, 0.4) is 0 Å². The van der Waals surface area contributed by atoms with E-state index in [1.54, 1.807) is 6.20 Å². The fraction of sp³-hybridized carbons (Fsp3) is 0.231. The lowest BCUT2D eigenvalue weighted by Crippen LogP contribution is -1.96. The number of halogens is 1. The third-order valence-corrected chi connectivity index (χ3v) is 3.27. The fourth-order valence-corrected chi connectivity index (χ4v) is 1.65. The molecular formula is C13H13BrN2O. The van der Waals surface area contributed by atoms with Crippen molar-refractivity contribution in [2.45, 2.75) is 20.8 Å². The van der Waals surface area contributed by atoms with E-state index in [0.717, 1.165) is 27.2 Å². The molecule has 88 valence electrons. The summed E-state index contributed by atoms with van der Waals surface area (Å²) in [5, 5.41) is 0.